The first-order valence-corrected chi connectivity index (χ1v) is 5.35. The summed E-state index contributed by atoms with van der Waals surface area (Å²) in [5.41, 5.74) is 5.20. The molecule has 1 heterocycles. The predicted octanol–water partition coefficient (Wildman–Crippen LogP) is 2.70. The molecule has 0 aliphatic carbocycles. The van der Waals surface area contributed by atoms with E-state index >= 15 is 0 Å². The largest absolute Gasteiger partial charge is 0.475 e. The van der Waals surface area contributed by atoms with Crippen LogP contribution in [-0.4, -0.2) is 21.0 Å². The molecule has 1 aromatic carbocycles. The highest BCUT2D eigenvalue weighted by Gasteiger charge is 2.12. The summed E-state index contributed by atoms with van der Waals surface area (Å²) < 4.78 is 0. The molecule has 2 aromatic rings. The normalized spacial score (nSPS) is 10.5. The van der Waals surface area contributed by atoms with E-state index in [1.807, 2.05) is 20.8 Å². The second kappa shape index (κ2) is 4.05. The lowest BCUT2D eigenvalue weighted by Crippen LogP contribution is -1.98. The van der Waals surface area contributed by atoms with Gasteiger partial charge in [-0.05, 0) is 31.9 Å². The third-order valence-electron chi connectivity index (χ3n) is 2.72. The zero-order chi connectivity index (χ0) is 12.6. The summed E-state index contributed by atoms with van der Waals surface area (Å²) >= 11 is 0. The summed E-state index contributed by atoms with van der Waals surface area (Å²) in [6, 6.07) is 4.15. The maximum Gasteiger partial charge on any atom is 0.371 e. The molecule has 0 spiro atoms. The van der Waals surface area contributed by atoms with Crippen LogP contribution in [0.2, 0.25) is 0 Å². The Kier molecular flexibility index (Phi) is 2.71. The number of aryl methyl sites for hydroxylation is 3. The van der Waals surface area contributed by atoms with E-state index in [0.29, 0.717) is 0 Å². The van der Waals surface area contributed by atoms with Crippen molar-refractivity contribution in [3.8, 4) is 11.3 Å². The SMILES string of the molecule is Cc1cc(C)c(-c2cnc(C(=O)O)[nH]2)c(C)c1. The number of benzene rings is 1. The molecule has 17 heavy (non-hydrogen) atoms. The molecule has 0 saturated heterocycles. The van der Waals surface area contributed by atoms with Gasteiger partial charge in [0.05, 0.1) is 11.9 Å². The molecule has 4 nitrogen and oxygen atoms in total. The van der Waals surface area contributed by atoms with E-state index in [1.54, 1.807) is 6.20 Å². The molecule has 0 aliphatic heterocycles. The Morgan fingerprint density at radius 1 is 1.24 bits per heavy atom. The second-order valence-corrected chi connectivity index (χ2v) is 4.22. The molecule has 0 amide bonds. The van der Waals surface area contributed by atoms with Crippen molar-refractivity contribution < 1.29 is 9.90 Å². The van der Waals surface area contributed by atoms with Gasteiger partial charge in [-0.2, -0.15) is 0 Å². The lowest BCUT2D eigenvalue weighted by atomic mass is 9.98. The number of carbonyl (C=O) groups is 1. The first-order valence-electron chi connectivity index (χ1n) is 5.35. The number of carboxylic acids is 1. The van der Waals surface area contributed by atoms with Gasteiger partial charge < -0.3 is 10.1 Å². The highest BCUT2D eigenvalue weighted by molar-refractivity contribution is 5.84. The summed E-state index contributed by atoms with van der Waals surface area (Å²) in [4.78, 5) is 17.4. The summed E-state index contributed by atoms with van der Waals surface area (Å²) in [5.74, 6) is -1.07. The van der Waals surface area contributed by atoms with Crippen LogP contribution in [0.5, 0.6) is 0 Å². The molecule has 0 aliphatic rings. The molecule has 88 valence electrons. The Labute approximate surface area is 99.3 Å². The number of aromatic amines is 1. The number of nitrogens with zero attached hydrogens (tertiary/aromatic N) is 1. The van der Waals surface area contributed by atoms with Crippen molar-refractivity contribution >= 4 is 5.97 Å². The molecular weight excluding hydrogens is 216 g/mol. The van der Waals surface area contributed by atoms with Gasteiger partial charge in [0.15, 0.2) is 0 Å². The number of aromatic carboxylic acids is 1. The van der Waals surface area contributed by atoms with E-state index in [-0.39, 0.29) is 5.82 Å². The van der Waals surface area contributed by atoms with Crippen LogP contribution in [0.3, 0.4) is 0 Å². The summed E-state index contributed by atoms with van der Waals surface area (Å²) in [5, 5.41) is 8.83. The third-order valence-corrected chi connectivity index (χ3v) is 2.72. The Morgan fingerprint density at radius 2 is 1.82 bits per heavy atom. The summed E-state index contributed by atoms with van der Waals surface area (Å²) in [6.45, 7) is 6.06. The van der Waals surface area contributed by atoms with Crippen LogP contribution < -0.4 is 0 Å². The number of rotatable bonds is 2. The quantitative estimate of drug-likeness (QED) is 0.833. The van der Waals surface area contributed by atoms with Crippen molar-refractivity contribution in [1.82, 2.24) is 9.97 Å². The molecule has 2 rings (SSSR count). The van der Waals surface area contributed by atoms with E-state index in [9.17, 15) is 4.79 Å². The van der Waals surface area contributed by atoms with Gasteiger partial charge in [-0.3, -0.25) is 0 Å². The van der Waals surface area contributed by atoms with E-state index in [1.165, 1.54) is 5.56 Å². The Hall–Kier alpha value is -2.10. The van der Waals surface area contributed by atoms with Crippen molar-refractivity contribution in [2.24, 2.45) is 0 Å². The molecule has 0 saturated carbocycles. The number of aromatic nitrogens is 2. The predicted molar refractivity (Wildman–Crippen MR) is 65.2 cm³/mol. The highest BCUT2D eigenvalue weighted by Crippen LogP contribution is 2.26. The molecule has 1 aromatic heterocycles. The summed E-state index contributed by atoms with van der Waals surface area (Å²) in [6.07, 6.45) is 1.56. The van der Waals surface area contributed by atoms with E-state index in [0.717, 1.165) is 22.4 Å². The Bertz CT molecular complexity index is 562. The van der Waals surface area contributed by atoms with E-state index in [2.05, 4.69) is 22.1 Å². The van der Waals surface area contributed by atoms with Gasteiger partial charge in [0.2, 0.25) is 5.82 Å². The van der Waals surface area contributed by atoms with Gasteiger partial charge in [-0.1, -0.05) is 17.7 Å². The van der Waals surface area contributed by atoms with Crippen LogP contribution in [0.25, 0.3) is 11.3 Å². The fourth-order valence-corrected chi connectivity index (χ4v) is 2.16. The fraction of sp³-hybridized carbons (Fsp3) is 0.231. The zero-order valence-electron chi connectivity index (χ0n) is 10.0. The van der Waals surface area contributed by atoms with Crippen LogP contribution in [-0.2, 0) is 0 Å². The van der Waals surface area contributed by atoms with Gasteiger partial charge in [0.25, 0.3) is 0 Å². The van der Waals surface area contributed by atoms with Gasteiger partial charge in [0, 0.05) is 5.56 Å². The molecule has 4 heteroatoms. The van der Waals surface area contributed by atoms with Crippen LogP contribution in [0.1, 0.15) is 27.3 Å². The smallest absolute Gasteiger partial charge is 0.371 e. The number of imidazole rings is 1. The first kappa shape index (κ1) is 11.4. The minimum absolute atomic E-state index is 0.0284. The molecule has 0 fully saturated rings. The standard InChI is InChI=1S/C13H14N2O2/c1-7-4-8(2)11(9(3)5-7)10-6-14-12(15-10)13(16)17/h4-6H,1-3H3,(H,14,15)(H,16,17). The average Bonchev–Trinajstić information content (AvgIpc) is 2.65. The second-order valence-electron chi connectivity index (χ2n) is 4.22. The van der Waals surface area contributed by atoms with Crippen LogP contribution in [0.4, 0.5) is 0 Å². The van der Waals surface area contributed by atoms with Gasteiger partial charge >= 0.3 is 5.97 Å². The topological polar surface area (TPSA) is 66.0 Å². The van der Waals surface area contributed by atoms with Gasteiger partial charge in [-0.15, -0.1) is 0 Å². The number of hydrogen-bond acceptors (Lipinski definition) is 2. The Balaban J connectivity index is 2.56. The summed E-state index contributed by atoms with van der Waals surface area (Å²) in [7, 11) is 0. The van der Waals surface area contributed by atoms with Crippen molar-refractivity contribution in [3.05, 3.63) is 40.8 Å². The molecular formula is C13H14N2O2. The average molecular weight is 230 g/mol. The number of carboxylic acid groups (broad SMARTS) is 1. The Morgan fingerprint density at radius 3 is 2.29 bits per heavy atom. The van der Waals surface area contributed by atoms with Crippen LogP contribution in [0.15, 0.2) is 18.3 Å². The van der Waals surface area contributed by atoms with Crippen molar-refractivity contribution in [2.45, 2.75) is 20.8 Å². The van der Waals surface area contributed by atoms with E-state index in [4.69, 9.17) is 5.11 Å². The van der Waals surface area contributed by atoms with Gasteiger partial charge in [-0.25, -0.2) is 9.78 Å². The lowest BCUT2D eigenvalue weighted by Gasteiger charge is -2.09. The molecule has 0 bridgehead atoms. The van der Waals surface area contributed by atoms with E-state index < -0.39 is 5.97 Å². The lowest BCUT2D eigenvalue weighted by molar-refractivity contribution is 0.0685. The van der Waals surface area contributed by atoms with Crippen molar-refractivity contribution in [3.63, 3.8) is 0 Å². The minimum Gasteiger partial charge on any atom is -0.475 e. The molecule has 0 radical (unpaired) electrons. The number of nitrogens with one attached hydrogen (secondary N) is 1. The molecule has 2 N–H and O–H groups in total. The fourth-order valence-electron chi connectivity index (χ4n) is 2.16. The maximum atomic E-state index is 10.8. The molecule has 0 unspecified atom stereocenters. The van der Waals surface area contributed by atoms with Crippen LogP contribution >= 0.6 is 0 Å². The van der Waals surface area contributed by atoms with Crippen LogP contribution in [0, 0.1) is 20.8 Å². The minimum atomic E-state index is -1.04. The number of hydrogen-bond donors (Lipinski definition) is 2. The zero-order valence-corrected chi connectivity index (χ0v) is 10.0. The maximum absolute atomic E-state index is 10.8. The highest BCUT2D eigenvalue weighted by atomic mass is 16.4. The third kappa shape index (κ3) is 2.06. The first-order chi connectivity index (χ1) is 7.99. The van der Waals surface area contributed by atoms with Crippen molar-refractivity contribution in [1.29, 1.82) is 0 Å². The number of H-pyrrole nitrogens is 1. The monoisotopic (exact) mass is 230 g/mol. The van der Waals surface area contributed by atoms with Gasteiger partial charge in [0.1, 0.15) is 0 Å². The van der Waals surface area contributed by atoms with Crippen molar-refractivity contribution in [2.75, 3.05) is 0 Å². The molecule has 0 atom stereocenters.